The second-order valence-corrected chi connectivity index (χ2v) is 4.97. The third-order valence-electron chi connectivity index (χ3n) is 2.05. The lowest BCUT2D eigenvalue weighted by Crippen LogP contribution is -2.09. The van der Waals surface area contributed by atoms with Crippen LogP contribution in [0.25, 0.3) is 0 Å². The first-order chi connectivity index (χ1) is 8.71. The van der Waals surface area contributed by atoms with E-state index >= 15 is 0 Å². The summed E-state index contributed by atoms with van der Waals surface area (Å²) in [5.41, 5.74) is 2.49. The first kappa shape index (κ1) is 13.1. The summed E-state index contributed by atoms with van der Waals surface area (Å²) in [6.45, 7) is 0. The third kappa shape index (κ3) is 3.34. The lowest BCUT2D eigenvalue weighted by molar-refractivity contribution is 0.456. The minimum absolute atomic E-state index is 0.449. The average Bonchev–Trinajstić information content (AvgIpc) is 2.41. The number of nitrogen functional groups attached to an aromatic ring is 1. The Morgan fingerprint density at radius 3 is 2.61 bits per heavy atom. The molecule has 0 spiro atoms. The molecule has 0 aliphatic rings. The molecule has 1 heterocycles. The van der Waals surface area contributed by atoms with E-state index in [0.29, 0.717) is 22.6 Å². The van der Waals surface area contributed by atoms with Crippen molar-refractivity contribution in [3.63, 3.8) is 0 Å². The number of thioether (sulfide) groups is 1. The van der Waals surface area contributed by atoms with Crippen molar-refractivity contribution in [1.82, 2.24) is 9.97 Å². The number of nitrogens with two attached hydrogens (primary N) is 1. The Balaban J connectivity index is 2.25. The zero-order valence-corrected chi connectivity index (χ0v) is 12.0. The fourth-order valence-electron chi connectivity index (χ4n) is 1.24. The Hall–Kier alpha value is -1.31. The number of nitrogens with one attached hydrogen (secondary N) is 1. The van der Waals surface area contributed by atoms with Gasteiger partial charge in [-0.05, 0) is 30.5 Å². The normalized spacial score (nSPS) is 10.2. The highest BCUT2D eigenvalue weighted by Gasteiger charge is 2.05. The summed E-state index contributed by atoms with van der Waals surface area (Å²) in [7, 11) is 0. The highest BCUT2D eigenvalue weighted by atomic mass is 79.9. The summed E-state index contributed by atoms with van der Waals surface area (Å²) in [5, 5.41) is 0.595. The van der Waals surface area contributed by atoms with Crippen molar-refractivity contribution < 1.29 is 4.74 Å². The number of benzene rings is 1. The third-order valence-corrected chi connectivity index (χ3v) is 3.13. The van der Waals surface area contributed by atoms with Gasteiger partial charge in [0.15, 0.2) is 5.16 Å². The molecule has 0 bridgehead atoms. The Bertz CT molecular complexity index is 513. The van der Waals surface area contributed by atoms with Gasteiger partial charge in [-0.25, -0.2) is 10.8 Å². The SMILES string of the molecule is CSc1nc(NN)cc(Oc2ccc(Br)cc2)n1. The Morgan fingerprint density at radius 1 is 1.28 bits per heavy atom. The predicted molar refractivity (Wildman–Crippen MR) is 75.8 cm³/mol. The Morgan fingerprint density at radius 2 is 2.00 bits per heavy atom. The van der Waals surface area contributed by atoms with Crippen molar-refractivity contribution in [3.8, 4) is 11.6 Å². The molecule has 0 amide bonds. The van der Waals surface area contributed by atoms with Gasteiger partial charge in [0.1, 0.15) is 11.6 Å². The molecule has 2 rings (SSSR count). The van der Waals surface area contributed by atoms with Crippen LogP contribution in [0.2, 0.25) is 0 Å². The summed E-state index contributed by atoms with van der Waals surface area (Å²) in [6, 6.07) is 9.13. The summed E-state index contributed by atoms with van der Waals surface area (Å²) < 4.78 is 6.63. The van der Waals surface area contributed by atoms with Gasteiger partial charge in [-0.3, -0.25) is 0 Å². The highest BCUT2D eigenvalue weighted by molar-refractivity contribution is 9.10. The maximum atomic E-state index is 5.64. The lowest BCUT2D eigenvalue weighted by atomic mass is 10.3. The molecule has 5 nitrogen and oxygen atoms in total. The zero-order chi connectivity index (χ0) is 13.0. The van der Waals surface area contributed by atoms with Crippen LogP contribution in [0, 0.1) is 0 Å². The second-order valence-electron chi connectivity index (χ2n) is 3.28. The van der Waals surface area contributed by atoms with Gasteiger partial charge >= 0.3 is 0 Å². The molecule has 1 aromatic heterocycles. The van der Waals surface area contributed by atoms with Crippen LogP contribution in [0.4, 0.5) is 5.82 Å². The van der Waals surface area contributed by atoms with Gasteiger partial charge in [0.25, 0.3) is 0 Å². The average molecular weight is 327 g/mol. The van der Waals surface area contributed by atoms with E-state index in [0.717, 1.165) is 4.47 Å². The van der Waals surface area contributed by atoms with Crippen molar-refractivity contribution in [3.05, 3.63) is 34.8 Å². The van der Waals surface area contributed by atoms with Crippen molar-refractivity contribution in [2.24, 2.45) is 5.84 Å². The molecule has 0 saturated carbocycles. The van der Waals surface area contributed by atoms with Crippen molar-refractivity contribution >= 4 is 33.5 Å². The summed E-state index contributed by atoms with van der Waals surface area (Å²) in [4.78, 5) is 8.39. The number of aromatic nitrogens is 2. The van der Waals surface area contributed by atoms with E-state index in [2.05, 4.69) is 31.3 Å². The smallest absolute Gasteiger partial charge is 0.225 e. The molecular formula is C11H11BrN4OS. The minimum atomic E-state index is 0.449. The predicted octanol–water partition coefficient (Wildman–Crippen LogP) is 3.04. The molecule has 1 aromatic carbocycles. The van der Waals surface area contributed by atoms with Crippen molar-refractivity contribution in [2.75, 3.05) is 11.7 Å². The second kappa shape index (κ2) is 6.03. The maximum absolute atomic E-state index is 5.64. The number of hydrogen-bond donors (Lipinski definition) is 2. The first-order valence-corrected chi connectivity index (χ1v) is 7.06. The van der Waals surface area contributed by atoms with E-state index in [1.165, 1.54) is 11.8 Å². The van der Waals surface area contributed by atoms with Gasteiger partial charge < -0.3 is 10.2 Å². The molecule has 0 aliphatic heterocycles. The van der Waals surface area contributed by atoms with Crippen LogP contribution in [0.1, 0.15) is 0 Å². The monoisotopic (exact) mass is 326 g/mol. The molecule has 0 aliphatic carbocycles. The lowest BCUT2D eigenvalue weighted by Gasteiger charge is -2.07. The molecule has 94 valence electrons. The summed E-state index contributed by atoms with van der Waals surface area (Å²) in [5.74, 6) is 7.01. The minimum Gasteiger partial charge on any atom is -0.439 e. The van der Waals surface area contributed by atoms with E-state index < -0.39 is 0 Å². The van der Waals surface area contributed by atoms with Gasteiger partial charge in [-0.1, -0.05) is 27.7 Å². The quantitative estimate of drug-likeness (QED) is 0.389. The van der Waals surface area contributed by atoms with Crippen LogP contribution in [-0.4, -0.2) is 16.2 Å². The van der Waals surface area contributed by atoms with E-state index in [9.17, 15) is 0 Å². The highest BCUT2D eigenvalue weighted by Crippen LogP contribution is 2.24. The molecular weight excluding hydrogens is 316 g/mol. The van der Waals surface area contributed by atoms with E-state index in [4.69, 9.17) is 10.6 Å². The van der Waals surface area contributed by atoms with Crippen LogP contribution >= 0.6 is 27.7 Å². The van der Waals surface area contributed by atoms with Crippen LogP contribution in [0.5, 0.6) is 11.6 Å². The molecule has 2 aromatic rings. The number of hydrazine groups is 1. The van der Waals surface area contributed by atoms with Crippen LogP contribution in [0.3, 0.4) is 0 Å². The van der Waals surface area contributed by atoms with Gasteiger partial charge in [-0.15, -0.1) is 0 Å². The van der Waals surface area contributed by atoms with Gasteiger partial charge in [-0.2, -0.15) is 4.98 Å². The summed E-state index contributed by atoms with van der Waals surface area (Å²) in [6.07, 6.45) is 1.89. The molecule has 0 radical (unpaired) electrons. The molecule has 3 N–H and O–H groups in total. The number of ether oxygens (including phenoxy) is 1. The van der Waals surface area contributed by atoms with E-state index in [-0.39, 0.29) is 0 Å². The number of rotatable bonds is 4. The Kier molecular flexibility index (Phi) is 4.40. The summed E-state index contributed by atoms with van der Waals surface area (Å²) >= 11 is 4.79. The van der Waals surface area contributed by atoms with Crippen LogP contribution in [0.15, 0.2) is 40.0 Å². The fraction of sp³-hybridized carbons (Fsp3) is 0.0909. The largest absolute Gasteiger partial charge is 0.439 e. The van der Waals surface area contributed by atoms with Crippen molar-refractivity contribution in [2.45, 2.75) is 5.16 Å². The van der Waals surface area contributed by atoms with Gasteiger partial charge in [0.2, 0.25) is 5.88 Å². The zero-order valence-electron chi connectivity index (χ0n) is 9.55. The molecule has 0 unspecified atom stereocenters. The Labute approximate surface area is 117 Å². The number of halogens is 1. The fourth-order valence-corrected chi connectivity index (χ4v) is 1.88. The molecule has 18 heavy (non-hydrogen) atoms. The number of anilines is 1. The maximum Gasteiger partial charge on any atom is 0.225 e. The van der Waals surface area contributed by atoms with E-state index in [1.54, 1.807) is 6.07 Å². The molecule has 0 atom stereocenters. The van der Waals surface area contributed by atoms with E-state index in [1.807, 2.05) is 30.5 Å². The molecule has 0 fully saturated rings. The first-order valence-electron chi connectivity index (χ1n) is 5.04. The molecule has 0 saturated heterocycles. The number of hydrogen-bond acceptors (Lipinski definition) is 6. The van der Waals surface area contributed by atoms with Gasteiger partial charge in [0, 0.05) is 10.5 Å². The van der Waals surface area contributed by atoms with Crippen LogP contribution < -0.4 is 16.0 Å². The molecule has 7 heteroatoms. The topological polar surface area (TPSA) is 73.1 Å². The standard InChI is InChI=1S/C11H11BrN4OS/c1-18-11-14-9(16-13)6-10(15-11)17-8-4-2-7(12)3-5-8/h2-6H,13H2,1H3,(H,14,15,16). The van der Waals surface area contributed by atoms with Crippen LogP contribution in [-0.2, 0) is 0 Å². The number of nitrogens with zero attached hydrogens (tertiary/aromatic N) is 2. The van der Waals surface area contributed by atoms with Gasteiger partial charge in [0.05, 0.1) is 0 Å². The van der Waals surface area contributed by atoms with Crippen molar-refractivity contribution in [1.29, 1.82) is 0 Å².